The summed E-state index contributed by atoms with van der Waals surface area (Å²) in [6, 6.07) is 7.83. The quantitative estimate of drug-likeness (QED) is 0.779. The Balaban J connectivity index is 1.62. The first-order chi connectivity index (χ1) is 11.6. The second-order valence-electron chi connectivity index (χ2n) is 6.46. The molecule has 1 fully saturated rings. The third kappa shape index (κ3) is 5.87. The first kappa shape index (κ1) is 18.3. The fourth-order valence-electron chi connectivity index (χ4n) is 2.96. The molecule has 0 aromatic heterocycles. The Kier molecular flexibility index (Phi) is 7.09. The molecule has 0 bridgehead atoms. The molecule has 1 aliphatic rings. The first-order valence-electron chi connectivity index (χ1n) is 8.69. The van der Waals surface area contributed by atoms with E-state index in [9.17, 15) is 9.59 Å². The van der Waals surface area contributed by atoms with Crippen LogP contribution in [0.3, 0.4) is 0 Å². The summed E-state index contributed by atoms with van der Waals surface area (Å²) in [5.74, 6) is 0.604. The number of amides is 1. The van der Waals surface area contributed by atoms with Crippen molar-refractivity contribution in [1.29, 1.82) is 0 Å². The Morgan fingerprint density at radius 3 is 2.71 bits per heavy atom. The highest BCUT2D eigenvalue weighted by Gasteiger charge is 2.23. The molecule has 1 saturated carbocycles. The molecular formula is C19H27NO4. The molecule has 0 unspecified atom stereocenters. The van der Waals surface area contributed by atoms with Crippen molar-refractivity contribution in [2.45, 2.75) is 52.0 Å². The van der Waals surface area contributed by atoms with Crippen LogP contribution in [0.1, 0.15) is 44.6 Å². The summed E-state index contributed by atoms with van der Waals surface area (Å²) < 4.78 is 10.6. The smallest absolute Gasteiger partial charge is 0.309 e. The molecule has 0 saturated heterocycles. The number of esters is 1. The second-order valence-corrected chi connectivity index (χ2v) is 6.46. The Morgan fingerprint density at radius 1 is 1.21 bits per heavy atom. The lowest BCUT2D eigenvalue weighted by Crippen LogP contribution is -2.42. The van der Waals surface area contributed by atoms with Crippen molar-refractivity contribution in [1.82, 2.24) is 5.32 Å². The molecule has 2 atom stereocenters. The van der Waals surface area contributed by atoms with E-state index in [-0.39, 0.29) is 31.6 Å². The van der Waals surface area contributed by atoms with Gasteiger partial charge in [-0.1, -0.05) is 38.0 Å². The van der Waals surface area contributed by atoms with E-state index in [1.807, 2.05) is 31.2 Å². The summed E-state index contributed by atoms with van der Waals surface area (Å²) in [7, 11) is 0. The molecular weight excluding hydrogens is 306 g/mol. The Hall–Kier alpha value is -2.04. The molecule has 2 rings (SSSR count). The van der Waals surface area contributed by atoms with Gasteiger partial charge in [0.2, 0.25) is 0 Å². The summed E-state index contributed by atoms with van der Waals surface area (Å²) in [5, 5.41) is 2.97. The third-order valence-electron chi connectivity index (χ3n) is 4.48. The molecule has 1 aromatic carbocycles. The number of hydrogen-bond acceptors (Lipinski definition) is 4. The predicted octanol–water partition coefficient (Wildman–Crippen LogP) is 3.00. The topological polar surface area (TPSA) is 64.6 Å². The van der Waals surface area contributed by atoms with Gasteiger partial charge in [0.05, 0.1) is 13.0 Å². The number of aryl methyl sites for hydroxylation is 1. The van der Waals surface area contributed by atoms with Crippen LogP contribution in [-0.2, 0) is 14.3 Å². The molecule has 1 amide bonds. The van der Waals surface area contributed by atoms with Gasteiger partial charge >= 0.3 is 5.97 Å². The first-order valence-corrected chi connectivity index (χ1v) is 8.69. The summed E-state index contributed by atoms with van der Waals surface area (Å²) in [6.45, 7) is 4.13. The highest BCUT2D eigenvalue weighted by atomic mass is 16.5. The van der Waals surface area contributed by atoms with Gasteiger partial charge in [0.15, 0.2) is 6.61 Å². The van der Waals surface area contributed by atoms with Crippen LogP contribution in [0.15, 0.2) is 24.3 Å². The van der Waals surface area contributed by atoms with Crippen molar-refractivity contribution in [3.63, 3.8) is 0 Å². The number of para-hydroxylation sites is 1. The van der Waals surface area contributed by atoms with Crippen LogP contribution < -0.4 is 10.1 Å². The van der Waals surface area contributed by atoms with E-state index < -0.39 is 5.97 Å². The standard InChI is InChI=1S/C19H27NO4/c1-14-7-3-5-9-16(14)20-18(21)13-24-19(22)11-12-23-17-10-6-4-8-15(17)2/h4,6,8,10,14,16H,3,5,7,9,11-13H2,1-2H3,(H,20,21)/t14-,16-/m0/s1. The molecule has 5 nitrogen and oxygen atoms in total. The minimum absolute atomic E-state index is 0.126. The minimum atomic E-state index is -0.421. The summed E-state index contributed by atoms with van der Waals surface area (Å²) >= 11 is 0. The van der Waals surface area contributed by atoms with Crippen LogP contribution >= 0.6 is 0 Å². The zero-order chi connectivity index (χ0) is 17.4. The number of ether oxygens (including phenoxy) is 2. The van der Waals surface area contributed by atoms with Crippen LogP contribution in [0, 0.1) is 12.8 Å². The molecule has 24 heavy (non-hydrogen) atoms. The zero-order valence-corrected chi connectivity index (χ0v) is 14.5. The Labute approximate surface area is 143 Å². The average molecular weight is 333 g/mol. The van der Waals surface area contributed by atoms with Gasteiger partial charge in [0, 0.05) is 6.04 Å². The molecule has 1 N–H and O–H groups in total. The van der Waals surface area contributed by atoms with Crippen molar-refractivity contribution >= 4 is 11.9 Å². The third-order valence-corrected chi connectivity index (χ3v) is 4.48. The van der Waals surface area contributed by atoms with Gasteiger partial charge in [0.25, 0.3) is 5.91 Å². The van der Waals surface area contributed by atoms with Crippen molar-refractivity contribution in [3.8, 4) is 5.75 Å². The van der Waals surface area contributed by atoms with E-state index in [2.05, 4.69) is 12.2 Å². The lowest BCUT2D eigenvalue weighted by molar-refractivity contribution is -0.149. The molecule has 0 spiro atoms. The molecule has 132 valence electrons. The Bertz CT molecular complexity index is 558. The lowest BCUT2D eigenvalue weighted by Gasteiger charge is -2.29. The fraction of sp³-hybridized carbons (Fsp3) is 0.579. The van der Waals surface area contributed by atoms with Gasteiger partial charge in [-0.2, -0.15) is 0 Å². The van der Waals surface area contributed by atoms with E-state index in [4.69, 9.17) is 9.47 Å². The van der Waals surface area contributed by atoms with Crippen LogP contribution in [0.25, 0.3) is 0 Å². The molecule has 0 heterocycles. The van der Waals surface area contributed by atoms with Crippen LogP contribution in [-0.4, -0.2) is 31.1 Å². The fourth-order valence-corrected chi connectivity index (χ4v) is 2.96. The molecule has 1 aromatic rings. The molecule has 1 aliphatic carbocycles. The number of carbonyl (C=O) groups excluding carboxylic acids is 2. The zero-order valence-electron chi connectivity index (χ0n) is 14.5. The average Bonchev–Trinajstić information content (AvgIpc) is 2.57. The van der Waals surface area contributed by atoms with E-state index in [0.717, 1.165) is 30.6 Å². The summed E-state index contributed by atoms with van der Waals surface area (Å²) in [4.78, 5) is 23.6. The van der Waals surface area contributed by atoms with E-state index in [0.29, 0.717) is 5.92 Å². The SMILES string of the molecule is Cc1ccccc1OCCC(=O)OCC(=O)N[C@H]1CCCC[C@@H]1C. The van der Waals surface area contributed by atoms with E-state index in [1.54, 1.807) is 0 Å². The van der Waals surface area contributed by atoms with Gasteiger partial charge in [-0.25, -0.2) is 0 Å². The minimum Gasteiger partial charge on any atom is -0.493 e. The molecule has 5 heteroatoms. The van der Waals surface area contributed by atoms with E-state index >= 15 is 0 Å². The van der Waals surface area contributed by atoms with Gasteiger partial charge in [-0.15, -0.1) is 0 Å². The van der Waals surface area contributed by atoms with Crippen LogP contribution in [0.5, 0.6) is 5.75 Å². The number of benzene rings is 1. The van der Waals surface area contributed by atoms with Crippen LogP contribution in [0.2, 0.25) is 0 Å². The highest BCUT2D eigenvalue weighted by molar-refractivity contribution is 5.80. The normalized spacial score (nSPS) is 20.2. The van der Waals surface area contributed by atoms with Gasteiger partial charge in [-0.05, 0) is 37.3 Å². The number of hydrogen-bond donors (Lipinski definition) is 1. The van der Waals surface area contributed by atoms with Crippen molar-refractivity contribution in [2.75, 3.05) is 13.2 Å². The molecule has 0 radical (unpaired) electrons. The monoisotopic (exact) mass is 333 g/mol. The highest BCUT2D eigenvalue weighted by Crippen LogP contribution is 2.23. The maximum absolute atomic E-state index is 11.9. The predicted molar refractivity (Wildman–Crippen MR) is 91.8 cm³/mol. The largest absolute Gasteiger partial charge is 0.493 e. The summed E-state index contributed by atoms with van der Waals surface area (Å²) in [6.07, 6.45) is 4.64. The van der Waals surface area contributed by atoms with Crippen LogP contribution in [0.4, 0.5) is 0 Å². The van der Waals surface area contributed by atoms with Gasteiger partial charge in [0.1, 0.15) is 5.75 Å². The van der Waals surface area contributed by atoms with Crippen molar-refractivity contribution in [3.05, 3.63) is 29.8 Å². The lowest BCUT2D eigenvalue weighted by atomic mass is 9.86. The van der Waals surface area contributed by atoms with Gasteiger partial charge < -0.3 is 14.8 Å². The second kappa shape index (κ2) is 9.30. The number of carbonyl (C=O) groups is 2. The van der Waals surface area contributed by atoms with Crippen molar-refractivity contribution in [2.24, 2.45) is 5.92 Å². The Morgan fingerprint density at radius 2 is 1.96 bits per heavy atom. The number of rotatable bonds is 7. The number of nitrogens with one attached hydrogen (secondary N) is 1. The summed E-state index contributed by atoms with van der Waals surface area (Å²) in [5.41, 5.74) is 1.02. The molecule has 0 aliphatic heterocycles. The maximum atomic E-state index is 11.9. The van der Waals surface area contributed by atoms with Crippen molar-refractivity contribution < 1.29 is 19.1 Å². The van der Waals surface area contributed by atoms with E-state index in [1.165, 1.54) is 6.42 Å². The van der Waals surface area contributed by atoms with Gasteiger partial charge in [-0.3, -0.25) is 9.59 Å². The maximum Gasteiger partial charge on any atom is 0.309 e.